The van der Waals surface area contributed by atoms with Crippen LogP contribution in [-0.2, 0) is 24.9 Å². The minimum Gasteiger partial charge on any atom is -0.497 e. The first kappa shape index (κ1) is 28.9. The average Bonchev–Trinajstić information content (AvgIpc) is 3.28. The molecule has 1 aliphatic rings. The van der Waals surface area contributed by atoms with Crippen molar-refractivity contribution in [2.45, 2.75) is 39.1 Å². The standard InChI is InChI=1S/C34H41N3O4/c1-23-18-37(24(2)21-38)34(39)33-32(29-15-8-9-16-30(29)36(33)4)28-14-7-6-12-26(28)22-41-31(23)20-35(3)19-25-11-10-13-27(17-25)40-5/h6-17,23-24,31,38H,18-22H2,1-5H3/t23-,24+,31+/m1/s1. The van der Waals surface area contributed by atoms with Gasteiger partial charge in [-0.2, -0.15) is 0 Å². The Morgan fingerprint density at radius 3 is 2.63 bits per heavy atom. The molecule has 1 aliphatic heterocycles. The largest absolute Gasteiger partial charge is 0.497 e. The van der Waals surface area contributed by atoms with Crippen molar-refractivity contribution in [1.82, 2.24) is 14.4 Å². The third-order valence-corrected chi connectivity index (χ3v) is 8.30. The molecule has 0 fully saturated rings. The van der Waals surface area contributed by atoms with Gasteiger partial charge in [0.25, 0.3) is 5.91 Å². The van der Waals surface area contributed by atoms with Gasteiger partial charge in [-0.25, -0.2) is 0 Å². The minimum atomic E-state index is -0.345. The van der Waals surface area contributed by atoms with Crippen LogP contribution in [0.4, 0.5) is 0 Å². The van der Waals surface area contributed by atoms with Crippen LogP contribution in [0.2, 0.25) is 0 Å². The molecule has 3 atom stereocenters. The fraction of sp³-hybridized carbons (Fsp3) is 0.382. The molecule has 0 radical (unpaired) electrons. The Kier molecular flexibility index (Phi) is 8.78. The van der Waals surface area contributed by atoms with Crippen LogP contribution in [0, 0.1) is 5.92 Å². The first-order valence-corrected chi connectivity index (χ1v) is 14.3. The monoisotopic (exact) mass is 555 g/mol. The van der Waals surface area contributed by atoms with Crippen LogP contribution in [0.5, 0.6) is 5.75 Å². The van der Waals surface area contributed by atoms with Crippen molar-refractivity contribution in [2.75, 3.05) is 33.9 Å². The van der Waals surface area contributed by atoms with Crippen LogP contribution < -0.4 is 4.74 Å². The van der Waals surface area contributed by atoms with Gasteiger partial charge in [0.15, 0.2) is 0 Å². The van der Waals surface area contributed by atoms with Gasteiger partial charge in [-0.05, 0) is 48.9 Å². The van der Waals surface area contributed by atoms with Crippen LogP contribution in [0.25, 0.3) is 22.0 Å². The number of para-hydroxylation sites is 1. The summed E-state index contributed by atoms with van der Waals surface area (Å²) in [6.45, 7) is 6.26. The van der Waals surface area contributed by atoms with Gasteiger partial charge in [0.2, 0.25) is 0 Å². The number of carbonyl (C=O) groups excluding carboxylic acids is 1. The van der Waals surface area contributed by atoms with Gasteiger partial charge in [-0.1, -0.05) is 61.5 Å². The SMILES string of the molecule is COc1cccc(CN(C)C[C@@H]2OCc3ccccc3-c3c(n(C)c4ccccc34)C(=O)N([C@@H](C)CO)C[C@H]2C)c1. The highest BCUT2D eigenvalue weighted by Crippen LogP contribution is 2.38. The molecule has 7 heteroatoms. The number of carbonyl (C=O) groups is 1. The Labute approximate surface area is 242 Å². The summed E-state index contributed by atoms with van der Waals surface area (Å²) in [4.78, 5) is 18.6. The number of nitrogens with zero attached hydrogens (tertiary/aromatic N) is 3. The van der Waals surface area contributed by atoms with Crippen molar-refractivity contribution in [1.29, 1.82) is 0 Å². The van der Waals surface area contributed by atoms with Crippen LogP contribution >= 0.6 is 0 Å². The lowest BCUT2D eigenvalue weighted by Crippen LogP contribution is -2.47. The van der Waals surface area contributed by atoms with Crippen molar-refractivity contribution in [2.24, 2.45) is 13.0 Å². The van der Waals surface area contributed by atoms with Gasteiger partial charge in [0, 0.05) is 49.1 Å². The van der Waals surface area contributed by atoms with Gasteiger partial charge >= 0.3 is 0 Å². The van der Waals surface area contributed by atoms with Crippen LogP contribution in [0.1, 0.15) is 35.5 Å². The number of ether oxygens (including phenoxy) is 2. The van der Waals surface area contributed by atoms with Crippen molar-refractivity contribution >= 4 is 16.8 Å². The predicted octanol–water partition coefficient (Wildman–Crippen LogP) is 5.34. The molecule has 0 spiro atoms. The van der Waals surface area contributed by atoms with E-state index in [4.69, 9.17) is 9.47 Å². The Bertz CT molecular complexity index is 1510. The zero-order valence-corrected chi connectivity index (χ0v) is 24.7. The second-order valence-corrected chi connectivity index (χ2v) is 11.3. The summed E-state index contributed by atoms with van der Waals surface area (Å²) in [6.07, 6.45) is -0.141. The number of aliphatic hydroxyl groups excluding tert-OH is 1. The molecular formula is C34H41N3O4. The summed E-state index contributed by atoms with van der Waals surface area (Å²) in [6, 6.07) is 24.1. The summed E-state index contributed by atoms with van der Waals surface area (Å²) >= 11 is 0. The first-order chi connectivity index (χ1) is 19.8. The molecule has 0 bridgehead atoms. The Morgan fingerprint density at radius 1 is 1.10 bits per heavy atom. The lowest BCUT2D eigenvalue weighted by molar-refractivity contribution is -0.0242. The Morgan fingerprint density at radius 2 is 1.85 bits per heavy atom. The van der Waals surface area contributed by atoms with E-state index in [9.17, 15) is 9.90 Å². The molecule has 1 amide bonds. The summed E-state index contributed by atoms with van der Waals surface area (Å²) < 4.78 is 14.1. The lowest BCUT2D eigenvalue weighted by atomic mass is 9.96. The highest BCUT2D eigenvalue weighted by atomic mass is 16.5. The van der Waals surface area contributed by atoms with E-state index in [0.717, 1.165) is 45.5 Å². The molecular weight excluding hydrogens is 514 g/mol. The maximum absolute atomic E-state index is 14.5. The second kappa shape index (κ2) is 12.5. The molecule has 41 heavy (non-hydrogen) atoms. The van der Waals surface area contributed by atoms with Gasteiger partial charge < -0.3 is 24.0 Å². The molecule has 5 rings (SSSR count). The Balaban J connectivity index is 1.55. The summed E-state index contributed by atoms with van der Waals surface area (Å²) in [5, 5.41) is 11.2. The number of fused-ring (bicyclic) bond motifs is 5. The number of aromatic nitrogens is 1. The molecule has 1 aromatic heterocycles. The number of hydrogen-bond donors (Lipinski definition) is 1. The van der Waals surface area contributed by atoms with E-state index in [0.29, 0.717) is 25.4 Å². The number of amides is 1. The van der Waals surface area contributed by atoms with Crippen LogP contribution in [0.3, 0.4) is 0 Å². The highest BCUT2D eigenvalue weighted by Gasteiger charge is 2.33. The smallest absolute Gasteiger partial charge is 0.271 e. The number of rotatable bonds is 7. The third kappa shape index (κ3) is 5.89. The molecule has 2 heterocycles. The molecule has 0 aliphatic carbocycles. The maximum atomic E-state index is 14.5. The van der Waals surface area contributed by atoms with E-state index >= 15 is 0 Å². The molecule has 4 aromatic rings. The molecule has 3 aromatic carbocycles. The average molecular weight is 556 g/mol. The molecule has 7 nitrogen and oxygen atoms in total. The van der Waals surface area contributed by atoms with E-state index in [1.165, 1.54) is 0 Å². The van der Waals surface area contributed by atoms with Crippen molar-refractivity contribution in [3.8, 4) is 16.9 Å². The van der Waals surface area contributed by atoms with Crippen LogP contribution in [0.15, 0.2) is 72.8 Å². The third-order valence-electron chi connectivity index (χ3n) is 8.30. The molecule has 0 unspecified atom stereocenters. The number of benzene rings is 3. The van der Waals surface area contributed by atoms with E-state index in [1.54, 1.807) is 7.11 Å². The van der Waals surface area contributed by atoms with E-state index in [1.807, 2.05) is 59.8 Å². The topological polar surface area (TPSA) is 67.2 Å². The molecule has 1 N–H and O–H groups in total. The van der Waals surface area contributed by atoms with Crippen LogP contribution in [-0.4, -0.2) is 71.4 Å². The molecule has 216 valence electrons. The summed E-state index contributed by atoms with van der Waals surface area (Å²) in [5.41, 5.74) is 5.77. The maximum Gasteiger partial charge on any atom is 0.271 e. The van der Waals surface area contributed by atoms with Gasteiger partial charge in [-0.3, -0.25) is 9.69 Å². The first-order valence-electron chi connectivity index (χ1n) is 14.3. The number of aryl methyl sites for hydroxylation is 1. The fourth-order valence-corrected chi connectivity index (χ4v) is 5.98. The number of likely N-dealkylation sites (N-methyl/N-ethyl adjacent to an activating group) is 1. The zero-order valence-electron chi connectivity index (χ0n) is 24.7. The van der Waals surface area contributed by atoms with E-state index in [2.05, 4.69) is 55.3 Å². The van der Waals surface area contributed by atoms with Crippen molar-refractivity contribution in [3.05, 3.63) is 89.6 Å². The normalized spacial score (nSPS) is 18.6. The molecule has 0 saturated carbocycles. The lowest BCUT2D eigenvalue weighted by Gasteiger charge is -2.35. The summed E-state index contributed by atoms with van der Waals surface area (Å²) in [7, 11) is 5.73. The van der Waals surface area contributed by atoms with Gasteiger partial charge in [0.05, 0.1) is 32.5 Å². The van der Waals surface area contributed by atoms with Gasteiger partial charge in [0.1, 0.15) is 11.4 Å². The quantitative estimate of drug-likeness (QED) is 0.333. The zero-order chi connectivity index (χ0) is 29.1. The minimum absolute atomic E-state index is 0.0177. The Hall–Kier alpha value is -3.65. The highest BCUT2D eigenvalue weighted by molar-refractivity contribution is 6.10. The number of aliphatic hydroxyl groups is 1. The van der Waals surface area contributed by atoms with Gasteiger partial charge in [-0.15, -0.1) is 0 Å². The predicted molar refractivity (Wildman–Crippen MR) is 163 cm³/mol. The summed E-state index contributed by atoms with van der Waals surface area (Å²) in [5.74, 6) is 0.780. The van der Waals surface area contributed by atoms with E-state index in [-0.39, 0.29) is 30.6 Å². The number of hydrogen-bond acceptors (Lipinski definition) is 5. The van der Waals surface area contributed by atoms with Crippen molar-refractivity contribution in [3.63, 3.8) is 0 Å². The second-order valence-electron chi connectivity index (χ2n) is 11.3. The number of methoxy groups -OCH3 is 1. The fourth-order valence-electron chi connectivity index (χ4n) is 5.98. The van der Waals surface area contributed by atoms with Crippen molar-refractivity contribution < 1.29 is 19.4 Å². The van der Waals surface area contributed by atoms with E-state index < -0.39 is 0 Å². The molecule has 0 saturated heterocycles.